The molecule has 0 fully saturated rings. The Labute approximate surface area is 112 Å². The van der Waals surface area contributed by atoms with Gasteiger partial charge in [-0.25, -0.2) is 0 Å². The highest BCUT2D eigenvalue weighted by Gasteiger charge is 2.00. The average molecular weight is 357 g/mol. The molecule has 1 rings (SSSR count). The molecule has 15 heavy (non-hydrogen) atoms. The van der Waals surface area contributed by atoms with E-state index in [2.05, 4.69) is 43.8 Å². The molecular weight excluding hydrogens is 345 g/mol. The number of benzene rings is 1. The lowest BCUT2D eigenvalue weighted by Crippen LogP contribution is -2.14. The first-order valence-electron chi connectivity index (χ1n) is 4.11. The fourth-order valence-electron chi connectivity index (χ4n) is 1.03. The summed E-state index contributed by atoms with van der Waals surface area (Å²) in [5, 5.41) is 12.6. The van der Waals surface area contributed by atoms with Crippen LogP contribution in [0.25, 0.3) is 0 Å². The Morgan fingerprint density at radius 2 is 2.13 bits per heavy atom. The zero-order valence-corrected chi connectivity index (χ0v) is 12.0. The van der Waals surface area contributed by atoms with Crippen molar-refractivity contribution in [2.75, 3.05) is 6.54 Å². The van der Waals surface area contributed by atoms with Crippen molar-refractivity contribution in [3.05, 3.63) is 39.3 Å². The van der Waals surface area contributed by atoms with Crippen LogP contribution in [0.1, 0.15) is 5.56 Å². The first-order valence-corrected chi connectivity index (χ1v) is 5.69. The molecule has 0 aromatic heterocycles. The number of phenols is 1. The van der Waals surface area contributed by atoms with Crippen molar-refractivity contribution < 1.29 is 5.11 Å². The van der Waals surface area contributed by atoms with Gasteiger partial charge in [0.2, 0.25) is 0 Å². The van der Waals surface area contributed by atoms with E-state index in [0.29, 0.717) is 18.8 Å². The van der Waals surface area contributed by atoms with Crippen LogP contribution in [0.4, 0.5) is 0 Å². The number of rotatable bonds is 4. The van der Waals surface area contributed by atoms with Gasteiger partial charge in [-0.3, -0.25) is 0 Å². The van der Waals surface area contributed by atoms with E-state index in [9.17, 15) is 5.11 Å². The number of phenolic OH excluding ortho intramolecular Hbond substituents is 1. The summed E-state index contributed by atoms with van der Waals surface area (Å²) in [6.07, 6.45) is 0. The highest BCUT2D eigenvalue weighted by molar-refractivity contribution is 9.11. The average Bonchev–Trinajstić information content (AvgIpc) is 2.10. The van der Waals surface area contributed by atoms with Gasteiger partial charge < -0.3 is 10.4 Å². The van der Waals surface area contributed by atoms with Crippen LogP contribution in [0.2, 0.25) is 0 Å². The SMILES string of the molecule is C=C(Br)CNCc1cc(Br)ccc1O.Cl. The Bertz CT molecular complexity index is 344. The minimum absolute atomic E-state index is 0. The fraction of sp³-hybridized carbons (Fsp3) is 0.200. The van der Waals surface area contributed by atoms with E-state index in [4.69, 9.17) is 0 Å². The molecule has 0 atom stereocenters. The Kier molecular flexibility index (Phi) is 7.26. The number of aromatic hydroxyl groups is 1. The van der Waals surface area contributed by atoms with Gasteiger partial charge in [0.25, 0.3) is 0 Å². The van der Waals surface area contributed by atoms with Crippen LogP contribution in [-0.4, -0.2) is 11.7 Å². The molecule has 0 aliphatic rings. The van der Waals surface area contributed by atoms with Crippen molar-refractivity contribution in [2.24, 2.45) is 0 Å². The topological polar surface area (TPSA) is 32.3 Å². The quantitative estimate of drug-likeness (QED) is 0.863. The van der Waals surface area contributed by atoms with Crippen molar-refractivity contribution in [3.8, 4) is 5.75 Å². The van der Waals surface area contributed by atoms with Crippen LogP contribution >= 0.6 is 44.3 Å². The fourth-order valence-corrected chi connectivity index (χ4v) is 1.64. The van der Waals surface area contributed by atoms with Gasteiger partial charge in [-0.05, 0) is 18.2 Å². The van der Waals surface area contributed by atoms with E-state index in [1.165, 1.54) is 0 Å². The molecular formula is C10H12Br2ClNO. The number of nitrogens with one attached hydrogen (secondary N) is 1. The van der Waals surface area contributed by atoms with Crippen LogP contribution in [-0.2, 0) is 6.54 Å². The zero-order valence-electron chi connectivity index (χ0n) is 7.96. The van der Waals surface area contributed by atoms with Gasteiger partial charge in [-0.15, -0.1) is 12.4 Å². The van der Waals surface area contributed by atoms with Crippen LogP contribution < -0.4 is 5.32 Å². The lowest BCUT2D eigenvalue weighted by Gasteiger charge is -2.06. The summed E-state index contributed by atoms with van der Waals surface area (Å²) in [6, 6.07) is 5.37. The molecule has 0 saturated carbocycles. The second-order valence-corrected chi connectivity index (χ2v) is 4.93. The maximum Gasteiger partial charge on any atom is 0.120 e. The van der Waals surface area contributed by atoms with Gasteiger partial charge in [-0.2, -0.15) is 0 Å². The lowest BCUT2D eigenvalue weighted by molar-refractivity contribution is 0.465. The monoisotopic (exact) mass is 355 g/mol. The summed E-state index contributed by atoms with van der Waals surface area (Å²) >= 11 is 6.60. The third kappa shape index (κ3) is 5.56. The molecule has 0 heterocycles. The maximum absolute atomic E-state index is 9.51. The van der Waals surface area contributed by atoms with Crippen LogP contribution in [0.5, 0.6) is 5.75 Å². The van der Waals surface area contributed by atoms with Gasteiger partial charge in [0, 0.05) is 27.6 Å². The predicted octanol–water partition coefficient (Wildman–Crippen LogP) is 3.57. The second-order valence-electron chi connectivity index (χ2n) is 2.89. The molecule has 0 bridgehead atoms. The van der Waals surface area contributed by atoms with Crippen molar-refractivity contribution in [3.63, 3.8) is 0 Å². The predicted molar refractivity (Wildman–Crippen MR) is 72.8 cm³/mol. The first kappa shape index (κ1) is 15.0. The van der Waals surface area contributed by atoms with Crippen molar-refractivity contribution in [1.29, 1.82) is 0 Å². The first-order chi connectivity index (χ1) is 6.59. The minimum Gasteiger partial charge on any atom is -0.508 e. The molecule has 2 N–H and O–H groups in total. The smallest absolute Gasteiger partial charge is 0.120 e. The van der Waals surface area contributed by atoms with Crippen LogP contribution in [0, 0.1) is 0 Å². The molecule has 0 saturated heterocycles. The normalized spacial score (nSPS) is 9.47. The van der Waals surface area contributed by atoms with Gasteiger partial charge in [0.1, 0.15) is 5.75 Å². The molecule has 84 valence electrons. The summed E-state index contributed by atoms with van der Waals surface area (Å²) in [6.45, 7) is 5.02. The van der Waals surface area contributed by atoms with Gasteiger partial charge in [0.05, 0.1) is 0 Å². The zero-order chi connectivity index (χ0) is 10.6. The molecule has 0 amide bonds. The van der Waals surface area contributed by atoms with Gasteiger partial charge in [0.15, 0.2) is 0 Å². The molecule has 0 aliphatic carbocycles. The second kappa shape index (κ2) is 7.28. The minimum atomic E-state index is 0. The Balaban J connectivity index is 0.00000196. The number of halogens is 3. The number of hydrogen-bond acceptors (Lipinski definition) is 2. The Morgan fingerprint density at radius 3 is 2.73 bits per heavy atom. The highest BCUT2D eigenvalue weighted by Crippen LogP contribution is 2.21. The van der Waals surface area contributed by atoms with Gasteiger partial charge in [-0.1, -0.05) is 38.4 Å². The summed E-state index contributed by atoms with van der Waals surface area (Å²) in [4.78, 5) is 0. The molecule has 0 radical (unpaired) electrons. The van der Waals surface area contributed by atoms with E-state index in [-0.39, 0.29) is 12.4 Å². The Hall–Kier alpha value is -0.0300. The molecule has 2 nitrogen and oxygen atoms in total. The molecule has 1 aromatic rings. The van der Waals surface area contributed by atoms with E-state index >= 15 is 0 Å². The summed E-state index contributed by atoms with van der Waals surface area (Å²) < 4.78 is 1.86. The molecule has 0 aliphatic heterocycles. The van der Waals surface area contributed by atoms with E-state index < -0.39 is 0 Å². The third-order valence-electron chi connectivity index (χ3n) is 1.67. The molecule has 0 unspecified atom stereocenters. The van der Waals surface area contributed by atoms with Crippen molar-refractivity contribution in [2.45, 2.75) is 6.54 Å². The number of hydrogen-bond donors (Lipinski definition) is 2. The summed E-state index contributed by atoms with van der Waals surface area (Å²) in [7, 11) is 0. The maximum atomic E-state index is 9.51. The van der Waals surface area contributed by atoms with Crippen molar-refractivity contribution in [1.82, 2.24) is 5.32 Å². The molecule has 0 spiro atoms. The third-order valence-corrected chi connectivity index (χ3v) is 2.45. The van der Waals surface area contributed by atoms with E-state index in [0.717, 1.165) is 14.5 Å². The largest absolute Gasteiger partial charge is 0.508 e. The van der Waals surface area contributed by atoms with Crippen LogP contribution in [0.3, 0.4) is 0 Å². The van der Waals surface area contributed by atoms with Crippen LogP contribution in [0.15, 0.2) is 33.7 Å². The molecule has 1 aromatic carbocycles. The summed E-state index contributed by atoms with van der Waals surface area (Å²) in [5.74, 6) is 0.306. The van der Waals surface area contributed by atoms with E-state index in [1.807, 2.05) is 12.1 Å². The highest BCUT2D eigenvalue weighted by atomic mass is 79.9. The Morgan fingerprint density at radius 1 is 1.47 bits per heavy atom. The standard InChI is InChI=1S/C10H11Br2NO.ClH/c1-7(11)5-13-6-8-4-9(12)2-3-10(8)14;/h2-4,13-14H,1,5-6H2;1H. The van der Waals surface area contributed by atoms with Gasteiger partial charge >= 0.3 is 0 Å². The van der Waals surface area contributed by atoms with E-state index in [1.54, 1.807) is 6.07 Å². The van der Waals surface area contributed by atoms with Crippen molar-refractivity contribution >= 4 is 44.3 Å². The summed E-state index contributed by atoms with van der Waals surface area (Å²) in [5.41, 5.74) is 0.869. The lowest BCUT2D eigenvalue weighted by atomic mass is 10.2. The molecule has 5 heteroatoms.